The van der Waals surface area contributed by atoms with E-state index in [1.165, 1.54) is 4.52 Å². The first-order valence-electron chi connectivity index (χ1n) is 8.49. The van der Waals surface area contributed by atoms with Crippen LogP contribution in [0.5, 0.6) is 0 Å². The molecule has 1 aliphatic heterocycles. The molecule has 136 valence electrons. The van der Waals surface area contributed by atoms with E-state index in [0.717, 1.165) is 16.1 Å². The van der Waals surface area contributed by atoms with Crippen molar-refractivity contribution in [2.75, 3.05) is 0 Å². The largest absolute Gasteiger partial charge is 0.327 e. The van der Waals surface area contributed by atoms with Gasteiger partial charge >= 0.3 is 0 Å². The first-order chi connectivity index (χ1) is 13.0. The van der Waals surface area contributed by atoms with Crippen molar-refractivity contribution in [1.29, 1.82) is 0 Å². The van der Waals surface area contributed by atoms with Gasteiger partial charge in [0.2, 0.25) is 0 Å². The number of hydrogen-bond donors (Lipinski definition) is 1. The van der Waals surface area contributed by atoms with Crippen molar-refractivity contribution in [2.24, 2.45) is 7.05 Å². The Balaban J connectivity index is 1.56. The van der Waals surface area contributed by atoms with Gasteiger partial charge < -0.3 is 4.90 Å². The van der Waals surface area contributed by atoms with E-state index in [1.54, 1.807) is 40.2 Å². The molecule has 27 heavy (non-hydrogen) atoms. The number of rotatable bonds is 2. The number of H-pyrrole nitrogens is 1. The zero-order chi connectivity index (χ0) is 18.7. The van der Waals surface area contributed by atoms with Gasteiger partial charge in [-0.2, -0.15) is 5.10 Å². The van der Waals surface area contributed by atoms with Gasteiger partial charge in [-0.1, -0.05) is 6.07 Å². The molecule has 0 bridgehead atoms. The van der Waals surface area contributed by atoms with Crippen LogP contribution in [0.4, 0.5) is 0 Å². The van der Waals surface area contributed by atoms with E-state index in [4.69, 9.17) is 4.98 Å². The molecule has 1 amide bonds. The second-order valence-corrected chi connectivity index (χ2v) is 7.57. The van der Waals surface area contributed by atoms with E-state index >= 15 is 0 Å². The summed E-state index contributed by atoms with van der Waals surface area (Å²) < 4.78 is 3.07. The maximum absolute atomic E-state index is 13.0. The van der Waals surface area contributed by atoms with Gasteiger partial charge in [0.15, 0.2) is 5.65 Å². The highest BCUT2D eigenvalue weighted by Gasteiger charge is 2.30. The Hall–Kier alpha value is -3.20. The van der Waals surface area contributed by atoms with Crippen molar-refractivity contribution >= 4 is 22.9 Å². The Kier molecular flexibility index (Phi) is 3.35. The number of thiophene rings is 1. The predicted molar refractivity (Wildman–Crippen MR) is 101 cm³/mol. The minimum Gasteiger partial charge on any atom is -0.327 e. The van der Waals surface area contributed by atoms with Gasteiger partial charge in [0.25, 0.3) is 11.5 Å². The van der Waals surface area contributed by atoms with Crippen LogP contribution in [-0.4, -0.2) is 35.2 Å². The second kappa shape index (κ2) is 5.65. The van der Waals surface area contributed by atoms with Crippen molar-refractivity contribution in [3.05, 3.63) is 62.6 Å². The van der Waals surface area contributed by atoms with Gasteiger partial charge in [-0.05, 0) is 24.4 Å². The minimum atomic E-state index is -0.197. The van der Waals surface area contributed by atoms with Crippen LogP contribution in [0, 0.1) is 6.92 Å². The molecule has 0 aliphatic carbocycles. The van der Waals surface area contributed by atoms with Crippen LogP contribution in [0.3, 0.4) is 0 Å². The SMILES string of the molecule is Cc1c(-c2cccs2)[nH]n2c(=O)c3c(nc12)CN(C(=O)c1ccn(C)n1)C3. The number of carbonyl (C=O) groups is 1. The van der Waals surface area contributed by atoms with E-state index in [-0.39, 0.29) is 18.0 Å². The number of carbonyl (C=O) groups excluding carboxylic acids is 1. The lowest BCUT2D eigenvalue weighted by atomic mass is 10.2. The number of nitrogens with one attached hydrogen (secondary N) is 1. The summed E-state index contributed by atoms with van der Waals surface area (Å²) in [6, 6.07) is 5.66. The summed E-state index contributed by atoms with van der Waals surface area (Å²) in [7, 11) is 1.76. The van der Waals surface area contributed by atoms with E-state index in [0.29, 0.717) is 29.1 Å². The molecule has 0 saturated heterocycles. The molecule has 1 N–H and O–H groups in total. The summed E-state index contributed by atoms with van der Waals surface area (Å²) in [5.74, 6) is -0.197. The van der Waals surface area contributed by atoms with Gasteiger partial charge in [0.1, 0.15) is 5.69 Å². The summed E-state index contributed by atoms with van der Waals surface area (Å²) in [5.41, 5.74) is 3.85. The number of aromatic amines is 1. The molecular weight excluding hydrogens is 364 g/mol. The maximum atomic E-state index is 13.0. The van der Waals surface area contributed by atoms with Crippen LogP contribution in [-0.2, 0) is 20.1 Å². The molecule has 0 radical (unpaired) electrons. The third-order valence-corrected chi connectivity index (χ3v) is 5.76. The molecular formula is C18H16N6O2S. The van der Waals surface area contributed by atoms with E-state index in [2.05, 4.69) is 10.2 Å². The van der Waals surface area contributed by atoms with Crippen molar-refractivity contribution in [3.8, 4) is 10.6 Å². The molecule has 5 rings (SSSR count). The normalized spacial score (nSPS) is 13.5. The lowest BCUT2D eigenvalue weighted by molar-refractivity contribution is 0.0743. The first kappa shape index (κ1) is 16.0. The van der Waals surface area contributed by atoms with Crippen LogP contribution in [0.2, 0.25) is 0 Å². The van der Waals surface area contributed by atoms with Gasteiger partial charge in [-0.15, -0.1) is 11.3 Å². The quantitative estimate of drug-likeness (QED) is 0.576. The molecule has 9 heteroatoms. The Morgan fingerprint density at radius 3 is 2.85 bits per heavy atom. The fourth-order valence-corrected chi connectivity index (χ4v) is 4.25. The van der Waals surface area contributed by atoms with Gasteiger partial charge in [0, 0.05) is 18.8 Å². The van der Waals surface area contributed by atoms with Crippen LogP contribution in [0.25, 0.3) is 16.2 Å². The van der Waals surface area contributed by atoms with Crippen molar-refractivity contribution < 1.29 is 4.79 Å². The lowest BCUT2D eigenvalue weighted by Gasteiger charge is -2.12. The molecule has 4 aromatic rings. The maximum Gasteiger partial charge on any atom is 0.278 e. The standard InChI is InChI=1S/C18H16N6O2S/c1-10-15(14-4-3-7-27-14)21-24-16(10)19-13-9-23(8-11(13)17(24)25)18(26)12-5-6-22(2)20-12/h3-7,21H,8-9H2,1-2H3. The summed E-state index contributed by atoms with van der Waals surface area (Å²) in [6.07, 6.45) is 1.72. The van der Waals surface area contributed by atoms with Gasteiger partial charge in [0.05, 0.1) is 34.9 Å². The predicted octanol–water partition coefficient (Wildman–Crippen LogP) is 1.95. The highest BCUT2D eigenvalue weighted by atomic mass is 32.1. The van der Waals surface area contributed by atoms with E-state index in [9.17, 15) is 9.59 Å². The number of hydrogen-bond acceptors (Lipinski definition) is 5. The summed E-state index contributed by atoms with van der Waals surface area (Å²) in [6.45, 7) is 2.51. The highest BCUT2D eigenvalue weighted by Crippen LogP contribution is 2.29. The Bertz CT molecular complexity index is 1250. The molecule has 0 saturated carbocycles. The zero-order valence-corrected chi connectivity index (χ0v) is 15.6. The molecule has 5 heterocycles. The average molecular weight is 380 g/mol. The summed E-state index contributed by atoms with van der Waals surface area (Å²) >= 11 is 1.61. The molecule has 8 nitrogen and oxygen atoms in total. The third kappa shape index (κ3) is 2.35. The smallest absolute Gasteiger partial charge is 0.278 e. The third-order valence-electron chi connectivity index (χ3n) is 4.87. The molecule has 0 spiro atoms. The summed E-state index contributed by atoms with van der Waals surface area (Å²) in [4.78, 5) is 33.0. The van der Waals surface area contributed by atoms with Gasteiger partial charge in [-0.3, -0.25) is 19.4 Å². The average Bonchev–Trinajstić information content (AvgIpc) is 3.42. The monoisotopic (exact) mass is 380 g/mol. The van der Waals surface area contributed by atoms with Crippen LogP contribution >= 0.6 is 11.3 Å². The number of aryl methyl sites for hydroxylation is 2. The summed E-state index contributed by atoms with van der Waals surface area (Å²) in [5, 5.41) is 9.33. The Morgan fingerprint density at radius 1 is 1.30 bits per heavy atom. The minimum absolute atomic E-state index is 0.155. The van der Waals surface area contributed by atoms with Crippen molar-refractivity contribution in [2.45, 2.75) is 20.0 Å². The fraction of sp³-hybridized carbons (Fsp3) is 0.222. The molecule has 0 fully saturated rings. The second-order valence-electron chi connectivity index (χ2n) is 6.63. The zero-order valence-electron chi connectivity index (χ0n) is 14.8. The Labute approximate surface area is 157 Å². The number of aromatic nitrogens is 5. The Morgan fingerprint density at radius 2 is 2.15 bits per heavy atom. The van der Waals surface area contributed by atoms with E-state index in [1.807, 2.05) is 24.4 Å². The molecule has 1 aliphatic rings. The van der Waals surface area contributed by atoms with Crippen LogP contribution < -0.4 is 5.56 Å². The highest BCUT2D eigenvalue weighted by molar-refractivity contribution is 7.13. The van der Waals surface area contributed by atoms with E-state index < -0.39 is 0 Å². The van der Waals surface area contributed by atoms with Crippen LogP contribution in [0.1, 0.15) is 27.3 Å². The number of fused-ring (bicyclic) bond motifs is 2. The van der Waals surface area contributed by atoms with Crippen molar-refractivity contribution in [3.63, 3.8) is 0 Å². The molecule has 0 unspecified atom stereocenters. The van der Waals surface area contributed by atoms with Crippen LogP contribution in [0.15, 0.2) is 34.6 Å². The van der Waals surface area contributed by atoms with Gasteiger partial charge in [-0.25, -0.2) is 9.50 Å². The molecule has 0 atom stereocenters. The lowest BCUT2D eigenvalue weighted by Crippen LogP contribution is -2.27. The number of amides is 1. The van der Waals surface area contributed by atoms with Crippen molar-refractivity contribution in [1.82, 2.24) is 29.3 Å². The fourth-order valence-electron chi connectivity index (χ4n) is 3.48. The molecule has 4 aromatic heterocycles. The topological polar surface area (TPSA) is 88.3 Å². The molecule has 0 aromatic carbocycles. The first-order valence-corrected chi connectivity index (χ1v) is 9.37. The number of nitrogens with zero attached hydrogens (tertiary/aromatic N) is 5.